The molecular weight excluding hydrogens is 424 g/mol. The summed E-state index contributed by atoms with van der Waals surface area (Å²) in [7, 11) is 0. The first-order chi connectivity index (χ1) is 15.5. The molecule has 32 heavy (non-hydrogen) atoms. The summed E-state index contributed by atoms with van der Waals surface area (Å²) in [6, 6.07) is 22.0. The molecule has 0 saturated carbocycles. The topological polar surface area (TPSA) is 88.0 Å². The van der Waals surface area contributed by atoms with Gasteiger partial charge in [0.05, 0.1) is 16.2 Å². The Kier molecular flexibility index (Phi) is 6.37. The number of aryl methyl sites for hydroxylation is 1. The quantitative estimate of drug-likeness (QED) is 0.513. The van der Waals surface area contributed by atoms with Crippen LogP contribution in [0, 0.1) is 6.92 Å². The molecule has 1 saturated heterocycles. The summed E-state index contributed by atoms with van der Waals surface area (Å²) in [5, 5.41) is 12.3. The maximum Gasteiger partial charge on any atom is 0.337 e. The third-order valence-corrected chi connectivity index (χ3v) is 5.64. The van der Waals surface area contributed by atoms with Gasteiger partial charge >= 0.3 is 5.97 Å². The van der Waals surface area contributed by atoms with Gasteiger partial charge in [-0.25, -0.2) is 9.79 Å². The number of aliphatic imine (C=N–C) groups is 1. The minimum Gasteiger partial charge on any atom is -0.488 e. The standard InChI is InChI=1S/C25H20N2O4S/c1-16-10-12-17(13-11-16)15-31-21-9-5-2-6-18(21)14-22-23(28)27-25(32-22)26-20-8-4-3-7-19(20)24(29)30/h2-14H,15H2,1H3,(H,29,30)(H,26,27,28). The molecule has 0 bridgehead atoms. The molecule has 1 fully saturated rings. The first-order valence-electron chi connectivity index (χ1n) is 9.89. The molecule has 0 aromatic heterocycles. The molecule has 0 spiro atoms. The van der Waals surface area contributed by atoms with E-state index in [4.69, 9.17) is 4.74 Å². The predicted octanol–water partition coefficient (Wildman–Crippen LogP) is 5.16. The lowest BCUT2D eigenvalue weighted by molar-refractivity contribution is -0.115. The van der Waals surface area contributed by atoms with E-state index in [-0.39, 0.29) is 17.2 Å². The average molecular weight is 445 g/mol. The normalized spacial score (nSPS) is 15.7. The number of ether oxygens (including phenoxy) is 1. The highest BCUT2D eigenvalue weighted by atomic mass is 32.2. The van der Waals surface area contributed by atoms with Gasteiger partial charge in [0.1, 0.15) is 12.4 Å². The van der Waals surface area contributed by atoms with Crippen molar-refractivity contribution in [3.8, 4) is 5.75 Å². The van der Waals surface area contributed by atoms with Crippen LogP contribution >= 0.6 is 11.8 Å². The fourth-order valence-corrected chi connectivity index (χ4v) is 3.89. The zero-order chi connectivity index (χ0) is 22.5. The van der Waals surface area contributed by atoms with E-state index in [0.29, 0.717) is 22.4 Å². The van der Waals surface area contributed by atoms with Crippen LogP contribution in [-0.2, 0) is 11.4 Å². The van der Waals surface area contributed by atoms with Gasteiger partial charge in [0.25, 0.3) is 5.91 Å². The first kappa shape index (κ1) is 21.4. The van der Waals surface area contributed by atoms with Gasteiger partial charge in [0.15, 0.2) is 5.17 Å². The Morgan fingerprint density at radius 1 is 1.06 bits per heavy atom. The van der Waals surface area contributed by atoms with Crippen molar-refractivity contribution in [2.24, 2.45) is 4.99 Å². The minimum absolute atomic E-state index is 0.0714. The van der Waals surface area contributed by atoms with Crippen molar-refractivity contribution in [3.05, 3.63) is 100.0 Å². The van der Waals surface area contributed by atoms with Crippen molar-refractivity contribution in [1.29, 1.82) is 0 Å². The number of amides is 1. The van der Waals surface area contributed by atoms with Crippen molar-refractivity contribution in [2.45, 2.75) is 13.5 Å². The van der Waals surface area contributed by atoms with Crippen LogP contribution in [0.3, 0.4) is 0 Å². The summed E-state index contributed by atoms with van der Waals surface area (Å²) < 4.78 is 5.99. The number of thioether (sulfide) groups is 1. The molecule has 6 nitrogen and oxygen atoms in total. The van der Waals surface area contributed by atoms with Crippen LogP contribution in [0.25, 0.3) is 6.08 Å². The van der Waals surface area contributed by atoms with Crippen LogP contribution in [0.4, 0.5) is 5.69 Å². The molecular formula is C25H20N2O4S. The molecule has 3 aromatic rings. The van der Waals surface area contributed by atoms with Crippen molar-refractivity contribution >= 4 is 40.6 Å². The molecule has 3 aromatic carbocycles. The first-order valence-corrected chi connectivity index (χ1v) is 10.7. The third-order valence-electron chi connectivity index (χ3n) is 4.73. The predicted molar refractivity (Wildman–Crippen MR) is 126 cm³/mol. The van der Waals surface area contributed by atoms with Gasteiger partial charge in [-0.05, 0) is 48.5 Å². The number of para-hydroxylation sites is 2. The van der Waals surface area contributed by atoms with Gasteiger partial charge in [-0.2, -0.15) is 0 Å². The monoisotopic (exact) mass is 444 g/mol. The second-order valence-corrected chi connectivity index (χ2v) is 8.15. The van der Waals surface area contributed by atoms with Crippen LogP contribution in [-0.4, -0.2) is 22.2 Å². The molecule has 1 aliphatic rings. The Balaban J connectivity index is 1.54. The number of carboxylic acid groups (broad SMARTS) is 1. The number of carbonyl (C=O) groups is 2. The third kappa shape index (κ3) is 5.07. The van der Waals surface area contributed by atoms with Gasteiger partial charge in [-0.3, -0.25) is 4.79 Å². The number of hydrogen-bond acceptors (Lipinski definition) is 5. The minimum atomic E-state index is -1.07. The molecule has 1 aliphatic heterocycles. The summed E-state index contributed by atoms with van der Waals surface area (Å²) in [5.41, 5.74) is 3.36. The smallest absolute Gasteiger partial charge is 0.337 e. The fourth-order valence-electron chi connectivity index (χ4n) is 3.06. The number of rotatable bonds is 6. The van der Waals surface area contributed by atoms with E-state index in [9.17, 15) is 14.7 Å². The molecule has 0 atom stereocenters. The second-order valence-electron chi connectivity index (χ2n) is 7.12. The highest BCUT2D eigenvalue weighted by molar-refractivity contribution is 8.18. The molecule has 1 heterocycles. The van der Waals surface area contributed by atoms with Crippen molar-refractivity contribution in [1.82, 2.24) is 5.32 Å². The summed E-state index contributed by atoms with van der Waals surface area (Å²) >= 11 is 1.16. The van der Waals surface area contributed by atoms with Crippen molar-refractivity contribution < 1.29 is 19.4 Å². The van der Waals surface area contributed by atoms with Crippen LogP contribution in [0.5, 0.6) is 5.75 Å². The van der Waals surface area contributed by atoms with Gasteiger partial charge in [0, 0.05) is 5.56 Å². The summed E-state index contributed by atoms with van der Waals surface area (Å²) in [6.07, 6.45) is 1.75. The zero-order valence-corrected chi connectivity index (χ0v) is 18.1. The highest BCUT2D eigenvalue weighted by Crippen LogP contribution is 2.31. The van der Waals surface area contributed by atoms with Gasteiger partial charge in [0.2, 0.25) is 0 Å². The van der Waals surface area contributed by atoms with E-state index in [2.05, 4.69) is 10.3 Å². The average Bonchev–Trinajstić information content (AvgIpc) is 3.13. The molecule has 1 amide bonds. The van der Waals surface area contributed by atoms with Crippen LogP contribution in [0.2, 0.25) is 0 Å². The van der Waals surface area contributed by atoms with E-state index in [0.717, 1.165) is 22.9 Å². The van der Waals surface area contributed by atoms with Crippen molar-refractivity contribution in [3.63, 3.8) is 0 Å². The maximum absolute atomic E-state index is 12.5. The summed E-state index contributed by atoms with van der Waals surface area (Å²) in [4.78, 5) is 28.6. The Bertz CT molecular complexity index is 1230. The number of carbonyl (C=O) groups excluding carboxylic acids is 1. The van der Waals surface area contributed by atoms with E-state index < -0.39 is 5.97 Å². The second kappa shape index (κ2) is 9.53. The number of amidine groups is 1. The lowest BCUT2D eigenvalue weighted by atomic mass is 10.1. The number of carboxylic acids is 1. The number of aromatic carboxylic acids is 1. The van der Waals surface area contributed by atoms with Crippen LogP contribution in [0.15, 0.2) is 82.7 Å². The lowest BCUT2D eigenvalue weighted by Gasteiger charge is -2.10. The molecule has 0 aliphatic carbocycles. The van der Waals surface area contributed by atoms with E-state index in [1.54, 1.807) is 24.3 Å². The van der Waals surface area contributed by atoms with Gasteiger partial charge in [-0.1, -0.05) is 60.2 Å². The highest BCUT2D eigenvalue weighted by Gasteiger charge is 2.25. The Morgan fingerprint density at radius 2 is 1.78 bits per heavy atom. The molecule has 0 unspecified atom stereocenters. The SMILES string of the molecule is Cc1ccc(COc2ccccc2C=C2SC(=Nc3ccccc3C(=O)O)NC2=O)cc1. The van der Waals surface area contributed by atoms with Gasteiger partial charge < -0.3 is 15.2 Å². The lowest BCUT2D eigenvalue weighted by Crippen LogP contribution is -2.19. The number of benzene rings is 3. The molecule has 2 N–H and O–H groups in total. The number of nitrogens with zero attached hydrogens (tertiary/aromatic N) is 1. The Morgan fingerprint density at radius 3 is 2.56 bits per heavy atom. The molecule has 0 radical (unpaired) electrons. The van der Waals surface area contributed by atoms with Crippen LogP contribution < -0.4 is 10.1 Å². The van der Waals surface area contributed by atoms with Gasteiger partial charge in [-0.15, -0.1) is 0 Å². The largest absolute Gasteiger partial charge is 0.488 e. The summed E-state index contributed by atoms with van der Waals surface area (Å²) in [5.74, 6) is -0.708. The number of hydrogen-bond donors (Lipinski definition) is 2. The molecule has 7 heteroatoms. The fraction of sp³-hybridized carbons (Fsp3) is 0.0800. The van der Waals surface area contributed by atoms with E-state index in [1.165, 1.54) is 11.6 Å². The Hall–Kier alpha value is -3.84. The van der Waals surface area contributed by atoms with Crippen LogP contribution in [0.1, 0.15) is 27.0 Å². The number of nitrogens with one attached hydrogen (secondary N) is 1. The Labute approximate surface area is 189 Å². The van der Waals surface area contributed by atoms with Crippen molar-refractivity contribution in [2.75, 3.05) is 0 Å². The van der Waals surface area contributed by atoms with E-state index in [1.807, 2.05) is 55.5 Å². The summed E-state index contributed by atoms with van der Waals surface area (Å²) in [6.45, 7) is 2.45. The maximum atomic E-state index is 12.5. The zero-order valence-electron chi connectivity index (χ0n) is 17.2. The van der Waals surface area contributed by atoms with E-state index >= 15 is 0 Å². The molecule has 4 rings (SSSR count). The molecule has 160 valence electrons.